The van der Waals surface area contributed by atoms with Crippen LogP contribution in [0.15, 0.2) is 243 Å². The van der Waals surface area contributed by atoms with E-state index < -0.39 is 10.8 Å². The lowest BCUT2D eigenvalue weighted by Gasteiger charge is -1.96. The first kappa shape index (κ1) is 93.7. The molecule has 0 heterocycles. The quantitative estimate of drug-likeness (QED) is 0.0439. The van der Waals surface area contributed by atoms with Crippen molar-refractivity contribution in [3.8, 4) is 0 Å². The van der Waals surface area contributed by atoms with Crippen LogP contribution in [0.3, 0.4) is 0 Å². The van der Waals surface area contributed by atoms with E-state index in [1.165, 1.54) is 13.8 Å². The number of thioether (sulfide) groups is 2. The van der Waals surface area contributed by atoms with Gasteiger partial charge in [0.15, 0.2) is 5.78 Å². The molecule has 0 aromatic heterocycles. The Morgan fingerprint density at radius 3 is 0.839 bits per heavy atom. The summed E-state index contributed by atoms with van der Waals surface area (Å²) in [6.45, 7) is 15.7. The van der Waals surface area contributed by atoms with Gasteiger partial charge >= 0.3 is 0 Å². The first-order valence-electron chi connectivity index (χ1n) is 34.5. The zero-order valence-electron chi connectivity index (χ0n) is 59.4. The van der Waals surface area contributed by atoms with Crippen molar-refractivity contribution >= 4 is 57.5 Å². The highest BCUT2D eigenvalue weighted by Crippen LogP contribution is 2.06. The fourth-order valence-electron chi connectivity index (χ4n) is 7.09. The summed E-state index contributed by atoms with van der Waals surface area (Å²) in [4.78, 5) is 43.0. The second-order valence-electron chi connectivity index (χ2n) is 21.3. The molecule has 0 saturated carbocycles. The Morgan fingerprint density at radius 1 is 0.290 bits per heavy atom. The van der Waals surface area contributed by atoms with E-state index in [4.69, 9.17) is 4.74 Å². The first-order chi connectivity index (χ1) is 45.5. The zero-order valence-corrected chi connectivity index (χ0v) is 61.8. The molecule has 6 nitrogen and oxygen atoms in total. The van der Waals surface area contributed by atoms with Crippen LogP contribution in [0, 0.1) is 0 Å². The minimum Gasteiger partial charge on any atom is -0.373 e. The third-order valence-electron chi connectivity index (χ3n) is 11.7. The van der Waals surface area contributed by atoms with Crippen LogP contribution in [-0.2, 0) is 34.7 Å². The summed E-state index contributed by atoms with van der Waals surface area (Å²) in [5.41, 5.74) is 0. The second kappa shape index (κ2) is 88.3. The predicted molar refractivity (Wildman–Crippen MR) is 422 cm³/mol. The maximum atomic E-state index is 11.4. The van der Waals surface area contributed by atoms with E-state index in [0.717, 1.165) is 166 Å². The second-order valence-corrected chi connectivity index (χ2v) is 25.0. The van der Waals surface area contributed by atoms with Gasteiger partial charge in [0.2, 0.25) is 0 Å². The molecular formula is C84H128O6S3. The van der Waals surface area contributed by atoms with Crippen molar-refractivity contribution < 1.29 is 28.1 Å². The molecule has 0 aliphatic heterocycles. The monoisotopic (exact) mass is 1330 g/mol. The Labute approximate surface area is 582 Å². The molecule has 0 rings (SSSR count). The molecule has 0 aliphatic carbocycles. The Balaban J connectivity index is -0.000000568. The summed E-state index contributed by atoms with van der Waals surface area (Å²) in [5.74, 6) is 4.59. The number of rotatable bonds is 56. The number of allylic oxidation sites excluding steroid dienone is 38. The average molecular weight is 1330 g/mol. The largest absolute Gasteiger partial charge is 0.373 e. The van der Waals surface area contributed by atoms with E-state index in [1.54, 1.807) is 37.4 Å². The van der Waals surface area contributed by atoms with Gasteiger partial charge in [0.05, 0.1) is 23.9 Å². The number of unbranched alkanes of at least 4 members (excludes halogenated alkanes) is 1. The molecule has 0 aromatic carbocycles. The minimum absolute atomic E-state index is 0.00266. The van der Waals surface area contributed by atoms with Gasteiger partial charge in [-0.2, -0.15) is 11.8 Å². The van der Waals surface area contributed by atoms with Crippen LogP contribution in [0.25, 0.3) is 0 Å². The van der Waals surface area contributed by atoms with Crippen molar-refractivity contribution in [2.75, 3.05) is 47.7 Å². The van der Waals surface area contributed by atoms with Gasteiger partial charge < -0.3 is 4.74 Å². The Morgan fingerprint density at radius 2 is 0.548 bits per heavy atom. The van der Waals surface area contributed by atoms with Crippen molar-refractivity contribution in [2.24, 2.45) is 0 Å². The van der Waals surface area contributed by atoms with E-state index in [1.807, 2.05) is 6.08 Å². The molecular weight excluding hydrogens is 1200 g/mol. The molecule has 0 bridgehead atoms. The third-order valence-corrected chi connectivity index (χ3v) is 15.3. The SMILES string of the molecule is CC/C=C\C/C=C\C/C=C\C/C=C\C/C=C\CCOCC(C)=O.CC/C=C\C/C=C\C/C=C\C/C=C\C/C=C\CCS(=O)CC(C)=O.CC/C=C\C/C=C\C/C=C\C/C=C\C/C=C\CCSCC(C)=O.CC/C=C\C/C=C\C/C=C\C/C=C\CC/C=C/CSCC(C)=O. The van der Waals surface area contributed by atoms with Crippen molar-refractivity contribution in [3.05, 3.63) is 243 Å². The van der Waals surface area contributed by atoms with Crippen LogP contribution >= 0.6 is 23.5 Å². The summed E-state index contributed by atoms with van der Waals surface area (Å²) >= 11 is 3.39. The van der Waals surface area contributed by atoms with Gasteiger partial charge in [0, 0.05) is 22.3 Å². The fourth-order valence-corrected chi connectivity index (χ4v) is 9.49. The van der Waals surface area contributed by atoms with Gasteiger partial charge in [-0.25, -0.2) is 0 Å². The van der Waals surface area contributed by atoms with Crippen molar-refractivity contribution in [1.29, 1.82) is 0 Å². The standard InChI is InChI=1S/C21H32O2S.C21H32O2.2C21H32OS/c1-3-4-5-6-7-8-9-10-11-12-13-14-15-16-17-18-19-24(23)20-21(2)22;3*1-3-4-5-6-7-8-9-10-11-12-13-14-15-16-17-18-19-23-20-21(2)22/h4-5,7-8,10-11,13-14,16-17H,3,6,9,12,15,18-20H2,1-2H3;4-5,7-8,10-11,13-14,16-17H,3,6,9,12,15,18-20H2,1-2H3;4-5,7-8,10-11,13-14,17-18H,3,6,9,12,15-16,19-20H2,1-2H3;4-5,7-8,10-11,13-14,16-17H,3,6,9,12,15,18-20H2,1-2H3/b2*5-4-,8-7-,11-10-,14-13-,17-16-;5-4-,8-7-,11-10-,14-13-,18-17+;5-4-,8-7-,11-10-,14-13-,17-16-. The summed E-state index contributed by atoms with van der Waals surface area (Å²) in [5, 5.41) is 0. The Hall–Kier alpha value is -5.71. The topological polar surface area (TPSA) is 94.6 Å². The predicted octanol–water partition coefficient (Wildman–Crippen LogP) is 24.1. The molecule has 0 radical (unpaired) electrons. The molecule has 1 unspecified atom stereocenters. The van der Waals surface area contributed by atoms with Crippen LogP contribution < -0.4 is 0 Å². The number of Topliss-reactive ketones (excluding diaryl/α,β-unsaturated/α-hetero) is 4. The average Bonchev–Trinajstić information content (AvgIpc) is 3.58. The van der Waals surface area contributed by atoms with Gasteiger partial charge in [0.25, 0.3) is 0 Å². The normalized spacial score (nSPS) is 13.1. The molecule has 1 atom stereocenters. The molecule has 0 aromatic rings. The van der Waals surface area contributed by atoms with Crippen molar-refractivity contribution in [3.63, 3.8) is 0 Å². The highest BCUT2D eigenvalue weighted by atomic mass is 32.2. The summed E-state index contributed by atoms with van der Waals surface area (Å²) in [6.07, 6.45) is 112. The van der Waals surface area contributed by atoms with Gasteiger partial charge in [-0.3, -0.25) is 23.4 Å². The number of carbonyl (C=O) groups excluding carboxylic acids is 4. The molecule has 518 valence electrons. The van der Waals surface area contributed by atoms with E-state index >= 15 is 0 Å². The number of hydrogen-bond acceptors (Lipinski definition) is 8. The molecule has 0 spiro atoms. The van der Waals surface area contributed by atoms with Crippen LogP contribution in [-0.4, -0.2) is 75.1 Å². The van der Waals surface area contributed by atoms with Gasteiger partial charge in [0.1, 0.15) is 24.0 Å². The molecule has 93 heavy (non-hydrogen) atoms. The number of hydrogen-bond donors (Lipinski definition) is 0. The van der Waals surface area contributed by atoms with Crippen LogP contribution in [0.2, 0.25) is 0 Å². The van der Waals surface area contributed by atoms with E-state index in [-0.39, 0.29) is 35.5 Å². The first-order valence-corrected chi connectivity index (χ1v) is 38.3. The van der Waals surface area contributed by atoms with Crippen LogP contribution in [0.4, 0.5) is 0 Å². The molecule has 0 saturated heterocycles. The lowest BCUT2D eigenvalue weighted by Crippen LogP contribution is -2.08. The Bertz CT molecular complexity index is 2300. The van der Waals surface area contributed by atoms with Gasteiger partial charge in [-0.1, -0.05) is 271 Å². The number of carbonyl (C=O) groups is 4. The maximum Gasteiger partial charge on any atom is 0.155 e. The number of ketones is 4. The Kier molecular flexibility index (Phi) is 89.0. The van der Waals surface area contributed by atoms with E-state index in [2.05, 4.69) is 265 Å². The van der Waals surface area contributed by atoms with Crippen molar-refractivity contribution in [2.45, 2.75) is 209 Å². The smallest absolute Gasteiger partial charge is 0.155 e. The van der Waals surface area contributed by atoms with Crippen LogP contribution in [0.5, 0.6) is 0 Å². The van der Waals surface area contributed by atoms with Gasteiger partial charge in [-0.15, -0.1) is 11.8 Å². The number of ether oxygens (including phenoxy) is 1. The third kappa shape index (κ3) is 105. The van der Waals surface area contributed by atoms with E-state index in [0.29, 0.717) is 23.9 Å². The molecule has 0 aliphatic rings. The summed E-state index contributed by atoms with van der Waals surface area (Å²) in [7, 11) is -1.00. The molecule has 9 heteroatoms. The molecule has 0 fully saturated rings. The summed E-state index contributed by atoms with van der Waals surface area (Å²) < 4.78 is 16.6. The van der Waals surface area contributed by atoms with Crippen molar-refractivity contribution in [1.82, 2.24) is 0 Å². The van der Waals surface area contributed by atoms with Gasteiger partial charge in [-0.05, 0) is 188 Å². The van der Waals surface area contributed by atoms with Crippen LogP contribution in [0.1, 0.15) is 209 Å². The van der Waals surface area contributed by atoms with E-state index in [9.17, 15) is 23.4 Å². The summed E-state index contributed by atoms with van der Waals surface area (Å²) in [6, 6.07) is 0. The zero-order chi connectivity index (χ0) is 68.9. The molecule has 0 N–H and O–H groups in total. The lowest BCUT2D eigenvalue weighted by molar-refractivity contribution is -0.121. The molecule has 0 amide bonds. The lowest BCUT2D eigenvalue weighted by atomic mass is 10.2. The highest BCUT2D eigenvalue weighted by molar-refractivity contribution is 8.00. The maximum absolute atomic E-state index is 11.4. The minimum atomic E-state index is -1.00. The highest BCUT2D eigenvalue weighted by Gasteiger charge is 2.01. The fraction of sp³-hybridized carbons (Fsp3) is 0.476.